The summed E-state index contributed by atoms with van der Waals surface area (Å²) in [5.74, 6) is 0. The summed E-state index contributed by atoms with van der Waals surface area (Å²) in [6.07, 6.45) is 11.3. The molecule has 2 N–H and O–H groups in total. The van der Waals surface area contributed by atoms with Gasteiger partial charge in [0.2, 0.25) is 0 Å². The van der Waals surface area contributed by atoms with E-state index < -0.39 is 6.10 Å². The van der Waals surface area contributed by atoms with Crippen LogP contribution >= 0.6 is 0 Å². The van der Waals surface area contributed by atoms with E-state index in [9.17, 15) is 5.11 Å². The molecule has 0 amide bonds. The number of benzene rings is 2. The van der Waals surface area contributed by atoms with Crippen molar-refractivity contribution in [3.63, 3.8) is 0 Å². The molecule has 0 saturated heterocycles. The second kappa shape index (κ2) is 8.28. The number of fused-ring (bicyclic) bond motifs is 1. The Kier molecular flexibility index (Phi) is 5.41. The monoisotopic (exact) mass is 368 g/mol. The van der Waals surface area contributed by atoms with E-state index in [1.165, 1.54) is 0 Å². The maximum atomic E-state index is 11.0. The topological polar surface area (TPSA) is 37.2 Å². The zero-order valence-corrected chi connectivity index (χ0v) is 15.9. The Morgan fingerprint density at radius 3 is 2.68 bits per heavy atom. The fourth-order valence-electron chi connectivity index (χ4n) is 3.82. The molecule has 140 valence electrons. The second-order valence-electron chi connectivity index (χ2n) is 6.91. The van der Waals surface area contributed by atoms with Gasteiger partial charge < -0.3 is 15.0 Å². The summed E-state index contributed by atoms with van der Waals surface area (Å²) < 4.78 is 2.19. The van der Waals surface area contributed by atoms with Crippen LogP contribution in [0, 0.1) is 0 Å². The van der Waals surface area contributed by atoms with Gasteiger partial charge in [-0.3, -0.25) is 0 Å². The molecule has 0 radical (unpaired) electrons. The highest BCUT2D eigenvalue weighted by Gasteiger charge is 2.25. The molecule has 1 aromatic heterocycles. The van der Waals surface area contributed by atoms with Gasteiger partial charge in [0.15, 0.2) is 0 Å². The first-order valence-corrected chi connectivity index (χ1v) is 9.57. The van der Waals surface area contributed by atoms with Crippen molar-refractivity contribution >= 4 is 10.9 Å². The summed E-state index contributed by atoms with van der Waals surface area (Å²) in [4.78, 5) is 0. The highest BCUT2D eigenvalue weighted by atomic mass is 16.3. The fourth-order valence-corrected chi connectivity index (χ4v) is 3.82. The van der Waals surface area contributed by atoms with Gasteiger partial charge >= 0.3 is 0 Å². The lowest BCUT2D eigenvalue weighted by molar-refractivity contribution is 0.132. The number of rotatable bonds is 6. The Morgan fingerprint density at radius 1 is 1.00 bits per heavy atom. The van der Waals surface area contributed by atoms with Gasteiger partial charge in [0.05, 0.1) is 17.7 Å². The molecular formula is C25H24N2O. The van der Waals surface area contributed by atoms with Crippen molar-refractivity contribution in [3.05, 3.63) is 102 Å². The van der Waals surface area contributed by atoms with E-state index in [1.54, 1.807) is 0 Å². The molecule has 2 atom stereocenters. The average molecular weight is 368 g/mol. The molecule has 1 aliphatic carbocycles. The van der Waals surface area contributed by atoms with Gasteiger partial charge in [0.1, 0.15) is 0 Å². The number of hydrogen-bond donors (Lipinski definition) is 2. The van der Waals surface area contributed by atoms with E-state index in [0.717, 1.165) is 27.6 Å². The van der Waals surface area contributed by atoms with E-state index in [-0.39, 0.29) is 6.04 Å². The summed E-state index contributed by atoms with van der Waals surface area (Å²) in [6, 6.07) is 18.6. The zero-order valence-electron chi connectivity index (χ0n) is 15.9. The van der Waals surface area contributed by atoms with Crippen LogP contribution in [0.15, 0.2) is 102 Å². The smallest absolute Gasteiger partial charge is 0.0929 e. The van der Waals surface area contributed by atoms with Crippen LogP contribution in [0.4, 0.5) is 0 Å². The first kappa shape index (κ1) is 18.3. The minimum atomic E-state index is -0.594. The van der Waals surface area contributed by atoms with Gasteiger partial charge in [-0.2, -0.15) is 0 Å². The van der Waals surface area contributed by atoms with Crippen molar-refractivity contribution in [3.8, 4) is 11.1 Å². The minimum absolute atomic E-state index is 0.248. The third-order valence-corrected chi connectivity index (χ3v) is 5.07. The molecule has 3 nitrogen and oxygen atoms in total. The average Bonchev–Trinajstić information content (AvgIpc) is 2.96. The Morgan fingerprint density at radius 2 is 1.86 bits per heavy atom. The van der Waals surface area contributed by atoms with Crippen LogP contribution in [0.2, 0.25) is 0 Å². The number of aromatic nitrogens is 1. The maximum absolute atomic E-state index is 11.0. The van der Waals surface area contributed by atoms with Crippen LogP contribution in [0.25, 0.3) is 22.0 Å². The van der Waals surface area contributed by atoms with Crippen molar-refractivity contribution in [1.82, 2.24) is 9.88 Å². The lowest BCUT2D eigenvalue weighted by Crippen LogP contribution is -2.33. The van der Waals surface area contributed by atoms with Crippen molar-refractivity contribution in [2.75, 3.05) is 13.6 Å². The van der Waals surface area contributed by atoms with Gasteiger partial charge in [-0.25, -0.2) is 0 Å². The van der Waals surface area contributed by atoms with E-state index in [1.807, 2.05) is 43.5 Å². The predicted octanol–water partition coefficient (Wildman–Crippen LogP) is 4.64. The summed E-state index contributed by atoms with van der Waals surface area (Å²) in [7, 11) is 1.86. The molecule has 0 spiro atoms. The minimum Gasteiger partial charge on any atom is -0.389 e. The molecule has 3 heteroatoms. The molecule has 4 rings (SSSR count). The molecule has 1 heterocycles. The Bertz CT molecular complexity index is 1080. The predicted molar refractivity (Wildman–Crippen MR) is 116 cm³/mol. The van der Waals surface area contributed by atoms with Crippen molar-refractivity contribution in [1.29, 1.82) is 0 Å². The molecule has 3 aromatic rings. The number of aliphatic hydroxyl groups is 1. The summed E-state index contributed by atoms with van der Waals surface area (Å²) in [5.41, 5.74) is 7.74. The fraction of sp³-hybridized carbons (Fsp3) is 0.160. The molecule has 0 fully saturated rings. The normalized spacial score (nSPS) is 15.4. The molecule has 28 heavy (non-hydrogen) atoms. The SMILES string of the molecule is CNC[C@@H](O)[C@H](C1=C=CC=CC=C1)n1ccc2cccc(-c3ccccc3)c21. The molecule has 2 aromatic carbocycles. The highest BCUT2D eigenvalue weighted by Crippen LogP contribution is 2.34. The van der Waals surface area contributed by atoms with E-state index in [4.69, 9.17) is 0 Å². The van der Waals surface area contributed by atoms with Crippen LogP contribution < -0.4 is 5.32 Å². The van der Waals surface area contributed by atoms with Crippen molar-refractivity contribution in [2.24, 2.45) is 0 Å². The van der Waals surface area contributed by atoms with Crippen LogP contribution in [0.5, 0.6) is 0 Å². The largest absolute Gasteiger partial charge is 0.389 e. The number of likely N-dealkylation sites (N-methyl/N-ethyl adjacent to an activating group) is 1. The first-order valence-electron chi connectivity index (χ1n) is 9.57. The Labute approximate surface area is 165 Å². The molecule has 0 unspecified atom stereocenters. The summed E-state index contributed by atoms with van der Waals surface area (Å²) >= 11 is 0. The van der Waals surface area contributed by atoms with Crippen LogP contribution in [-0.4, -0.2) is 29.4 Å². The number of nitrogens with zero attached hydrogens (tertiary/aromatic N) is 1. The Balaban J connectivity index is 1.93. The van der Waals surface area contributed by atoms with E-state index >= 15 is 0 Å². The molecule has 0 aliphatic heterocycles. The van der Waals surface area contributed by atoms with Gasteiger partial charge in [-0.15, -0.1) is 5.73 Å². The maximum Gasteiger partial charge on any atom is 0.0929 e. The Hall–Kier alpha value is -3.10. The van der Waals surface area contributed by atoms with Crippen molar-refractivity contribution in [2.45, 2.75) is 12.1 Å². The lowest BCUT2D eigenvalue weighted by Gasteiger charge is -2.26. The van der Waals surface area contributed by atoms with Gasteiger partial charge in [0, 0.05) is 29.3 Å². The van der Waals surface area contributed by atoms with Crippen LogP contribution in [0.1, 0.15) is 6.04 Å². The number of aliphatic hydroxyl groups excluding tert-OH is 1. The number of hydrogen-bond acceptors (Lipinski definition) is 2. The standard InChI is InChI=1S/C25H24N2O/c1-26-18-23(28)25(20-12-5-2-3-6-13-20)27-17-16-21-14-9-15-22(24(21)27)19-10-7-4-8-11-19/h2-12,14-17,23,25-26,28H,18H2,1H3/t23-,25+/m1/s1. The van der Waals surface area contributed by atoms with Crippen LogP contribution in [0.3, 0.4) is 0 Å². The summed E-state index contributed by atoms with van der Waals surface area (Å²) in [6.45, 7) is 0.490. The number of allylic oxidation sites excluding steroid dienone is 4. The highest BCUT2D eigenvalue weighted by molar-refractivity contribution is 5.95. The van der Waals surface area contributed by atoms with Gasteiger partial charge in [-0.1, -0.05) is 66.8 Å². The molecule has 1 aliphatic rings. The molecule has 0 saturated carbocycles. The molecule has 0 bridgehead atoms. The zero-order chi connectivity index (χ0) is 19.3. The van der Waals surface area contributed by atoms with Crippen LogP contribution in [-0.2, 0) is 0 Å². The third kappa shape index (κ3) is 3.51. The van der Waals surface area contributed by atoms with Gasteiger partial charge in [-0.05, 0) is 30.8 Å². The van der Waals surface area contributed by atoms with Crippen molar-refractivity contribution < 1.29 is 5.11 Å². The van der Waals surface area contributed by atoms with Gasteiger partial charge in [0.25, 0.3) is 0 Å². The van der Waals surface area contributed by atoms with E-state index in [0.29, 0.717) is 6.54 Å². The number of nitrogens with one attached hydrogen (secondary N) is 1. The lowest BCUT2D eigenvalue weighted by atomic mass is 9.99. The van der Waals surface area contributed by atoms with E-state index in [2.05, 4.69) is 70.3 Å². The molecular weight excluding hydrogens is 344 g/mol. The summed E-state index contributed by atoms with van der Waals surface area (Å²) in [5, 5.41) is 15.3. The number of para-hydroxylation sites is 1. The first-order chi connectivity index (χ1) is 13.8. The quantitative estimate of drug-likeness (QED) is 0.622. The second-order valence-corrected chi connectivity index (χ2v) is 6.91. The third-order valence-electron chi connectivity index (χ3n) is 5.07.